The summed E-state index contributed by atoms with van der Waals surface area (Å²) in [7, 11) is 0. The van der Waals surface area contributed by atoms with Gasteiger partial charge in [-0.25, -0.2) is 0 Å². The van der Waals surface area contributed by atoms with Crippen molar-refractivity contribution >= 4 is 5.78 Å². The maximum atomic E-state index is 12.2. The Bertz CT molecular complexity index is 374. The fourth-order valence-electron chi connectivity index (χ4n) is 2.51. The largest absolute Gasteiger partial charge is 0.330 e. The molecule has 1 aliphatic rings. The zero-order valence-electron chi connectivity index (χ0n) is 10.4. The second-order valence-corrected chi connectivity index (χ2v) is 5.09. The second kappa shape index (κ2) is 5.46. The molecule has 1 aromatic rings. The lowest BCUT2D eigenvalue weighted by molar-refractivity contribution is -0.123. The van der Waals surface area contributed by atoms with Crippen LogP contribution in [0.3, 0.4) is 0 Å². The van der Waals surface area contributed by atoms with Crippen LogP contribution in [0.25, 0.3) is 0 Å². The standard InChI is InChI=1S/C15H21NO/c1-11(6-5-9-16)15(17)14-10-13(14)12-7-3-2-4-8-12/h2-4,7-8,11,13-14H,5-6,9-10,16H2,1H3. The predicted molar refractivity (Wildman–Crippen MR) is 69.7 cm³/mol. The van der Waals surface area contributed by atoms with Gasteiger partial charge in [-0.05, 0) is 37.3 Å². The molecular formula is C15H21NO. The first-order valence-electron chi connectivity index (χ1n) is 6.52. The number of hydrogen-bond donors (Lipinski definition) is 1. The number of nitrogens with two attached hydrogens (primary N) is 1. The summed E-state index contributed by atoms with van der Waals surface area (Å²) in [4.78, 5) is 12.2. The van der Waals surface area contributed by atoms with E-state index >= 15 is 0 Å². The molecule has 1 aliphatic carbocycles. The molecule has 0 bridgehead atoms. The van der Waals surface area contributed by atoms with Gasteiger partial charge in [0, 0.05) is 11.8 Å². The van der Waals surface area contributed by atoms with E-state index in [1.54, 1.807) is 0 Å². The lowest BCUT2D eigenvalue weighted by Crippen LogP contribution is -2.15. The molecule has 0 aromatic heterocycles. The minimum Gasteiger partial charge on any atom is -0.330 e. The molecule has 17 heavy (non-hydrogen) atoms. The zero-order valence-corrected chi connectivity index (χ0v) is 10.4. The van der Waals surface area contributed by atoms with Crippen molar-refractivity contribution in [1.29, 1.82) is 0 Å². The maximum Gasteiger partial charge on any atom is 0.139 e. The molecule has 0 amide bonds. The van der Waals surface area contributed by atoms with Crippen molar-refractivity contribution in [3.63, 3.8) is 0 Å². The molecule has 0 aliphatic heterocycles. The van der Waals surface area contributed by atoms with Crippen molar-refractivity contribution < 1.29 is 4.79 Å². The first-order chi connectivity index (χ1) is 8.24. The summed E-state index contributed by atoms with van der Waals surface area (Å²) in [5.74, 6) is 1.36. The second-order valence-electron chi connectivity index (χ2n) is 5.09. The van der Waals surface area contributed by atoms with Crippen LogP contribution in [0.15, 0.2) is 30.3 Å². The average molecular weight is 231 g/mol. The highest BCUT2D eigenvalue weighted by atomic mass is 16.1. The molecule has 0 saturated heterocycles. The minimum absolute atomic E-state index is 0.178. The van der Waals surface area contributed by atoms with Gasteiger partial charge in [-0.3, -0.25) is 4.79 Å². The van der Waals surface area contributed by atoms with Crippen molar-refractivity contribution in [2.24, 2.45) is 17.6 Å². The normalized spacial score (nSPS) is 24.4. The molecule has 3 unspecified atom stereocenters. The van der Waals surface area contributed by atoms with Crippen molar-refractivity contribution in [1.82, 2.24) is 0 Å². The Labute approximate surface area is 103 Å². The summed E-state index contributed by atoms with van der Waals surface area (Å²) in [5.41, 5.74) is 6.79. The van der Waals surface area contributed by atoms with Gasteiger partial charge in [0.15, 0.2) is 0 Å². The van der Waals surface area contributed by atoms with Gasteiger partial charge in [0.1, 0.15) is 5.78 Å². The van der Waals surface area contributed by atoms with Crippen LogP contribution in [0, 0.1) is 11.8 Å². The molecule has 2 rings (SSSR count). The highest BCUT2D eigenvalue weighted by molar-refractivity contribution is 5.86. The Kier molecular flexibility index (Phi) is 3.95. The average Bonchev–Trinajstić information content (AvgIpc) is 3.16. The molecule has 1 fully saturated rings. The molecule has 2 N–H and O–H groups in total. The van der Waals surface area contributed by atoms with Crippen LogP contribution in [-0.2, 0) is 4.79 Å². The fraction of sp³-hybridized carbons (Fsp3) is 0.533. The number of ketones is 1. The summed E-state index contributed by atoms with van der Waals surface area (Å²) >= 11 is 0. The van der Waals surface area contributed by atoms with E-state index in [0.29, 0.717) is 18.2 Å². The monoisotopic (exact) mass is 231 g/mol. The summed E-state index contributed by atoms with van der Waals surface area (Å²) in [6.07, 6.45) is 2.93. The highest BCUT2D eigenvalue weighted by Gasteiger charge is 2.44. The highest BCUT2D eigenvalue weighted by Crippen LogP contribution is 2.49. The van der Waals surface area contributed by atoms with Gasteiger partial charge in [0.2, 0.25) is 0 Å². The number of Topliss-reactive ketones (excluding diaryl/α,β-unsaturated/α-hetero) is 1. The molecule has 0 radical (unpaired) electrons. The van der Waals surface area contributed by atoms with E-state index in [1.807, 2.05) is 25.1 Å². The van der Waals surface area contributed by atoms with E-state index < -0.39 is 0 Å². The van der Waals surface area contributed by atoms with E-state index in [2.05, 4.69) is 12.1 Å². The molecule has 0 spiro atoms. The van der Waals surface area contributed by atoms with Gasteiger partial charge < -0.3 is 5.73 Å². The van der Waals surface area contributed by atoms with E-state index in [0.717, 1.165) is 19.3 Å². The Morgan fingerprint density at radius 2 is 2.12 bits per heavy atom. The maximum absolute atomic E-state index is 12.2. The number of carbonyl (C=O) groups excluding carboxylic acids is 1. The number of benzene rings is 1. The van der Waals surface area contributed by atoms with Crippen LogP contribution < -0.4 is 5.73 Å². The molecule has 2 nitrogen and oxygen atoms in total. The number of carbonyl (C=O) groups is 1. The lowest BCUT2D eigenvalue weighted by Gasteiger charge is -2.09. The third kappa shape index (κ3) is 2.95. The summed E-state index contributed by atoms with van der Waals surface area (Å²) in [5, 5.41) is 0. The molecular weight excluding hydrogens is 210 g/mol. The van der Waals surface area contributed by atoms with E-state index in [-0.39, 0.29) is 11.8 Å². The molecule has 2 heteroatoms. The zero-order chi connectivity index (χ0) is 12.3. The Morgan fingerprint density at radius 3 is 2.76 bits per heavy atom. The quantitative estimate of drug-likeness (QED) is 0.818. The van der Waals surface area contributed by atoms with E-state index in [1.165, 1.54) is 5.56 Å². The topological polar surface area (TPSA) is 43.1 Å². The van der Waals surface area contributed by atoms with E-state index in [4.69, 9.17) is 5.73 Å². The van der Waals surface area contributed by atoms with Gasteiger partial charge in [0.25, 0.3) is 0 Å². The Morgan fingerprint density at radius 1 is 1.41 bits per heavy atom. The van der Waals surface area contributed by atoms with Crippen LogP contribution in [0.5, 0.6) is 0 Å². The predicted octanol–water partition coefficient (Wildman–Crippen LogP) is 2.73. The summed E-state index contributed by atoms with van der Waals surface area (Å²) in [6, 6.07) is 10.4. The van der Waals surface area contributed by atoms with Crippen LogP contribution in [0.4, 0.5) is 0 Å². The SMILES string of the molecule is CC(CCCN)C(=O)C1CC1c1ccccc1. The molecule has 3 atom stereocenters. The van der Waals surface area contributed by atoms with Crippen molar-refractivity contribution in [2.45, 2.75) is 32.1 Å². The van der Waals surface area contributed by atoms with Crippen LogP contribution in [0.1, 0.15) is 37.7 Å². The van der Waals surface area contributed by atoms with Crippen molar-refractivity contribution in [2.75, 3.05) is 6.54 Å². The Balaban J connectivity index is 1.88. The summed E-state index contributed by atoms with van der Waals surface area (Å²) < 4.78 is 0. The Hall–Kier alpha value is -1.15. The van der Waals surface area contributed by atoms with Gasteiger partial charge in [-0.1, -0.05) is 37.3 Å². The molecule has 0 heterocycles. The van der Waals surface area contributed by atoms with Crippen LogP contribution in [0.2, 0.25) is 0 Å². The first kappa shape index (κ1) is 12.3. The third-order valence-electron chi connectivity index (χ3n) is 3.71. The van der Waals surface area contributed by atoms with Crippen LogP contribution >= 0.6 is 0 Å². The first-order valence-corrected chi connectivity index (χ1v) is 6.52. The minimum atomic E-state index is 0.178. The van der Waals surface area contributed by atoms with Gasteiger partial charge in [-0.2, -0.15) is 0 Å². The number of hydrogen-bond acceptors (Lipinski definition) is 2. The molecule has 1 saturated carbocycles. The van der Waals surface area contributed by atoms with Crippen molar-refractivity contribution in [3.8, 4) is 0 Å². The van der Waals surface area contributed by atoms with Gasteiger partial charge in [0.05, 0.1) is 0 Å². The molecule has 92 valence electrons. The summed E-state index contributed by atoms with van der Waals surface area (Å²) in [6.45, 7) is 2.72. The van der Waals surface area contributed by atoms with Crippen LogP contribution in [-0.4, -0.2) is 12.3 Å². The van der Waals surface area contributed by atoms with E-state index in [9.17, 15) is 4.79 Å². The number of rotatable bonds is 6. The smallest absolute Gasteiger partial charge is 0.139 e. The van der Waals surface area contributed by atoms with Crippen molar-refractivity contribution in [3.05, 3.63) is 35.9 Å². The third-order valence-corrected chi connectivity index (χ3v) is 3.71. The van der Waals surface area contributed by atoms with Gasteiger partial charge in [-0.15, -0.1) is 0 Å². The lowest BCUT2D eigenvalue weighted by atomic mass is 9.95. The van der Waals surface area contributed by atoms with Gasteiger partial charge >= 0.3 is 0 Å². The molecule has 1 aromatic carbocycles. The fourth-order valence-corrected chi connectivity index (χ4v) is 2.51.